The predicted octanol–water partition coefficient (Wildman–Crippen LogP) is 2.53. The number of benzene rings is 1. The molecule has 1 aromatic carbocycles. The number of methoxy groups -OCH3 is 1. The summed E-state index contributed by atoms with van der Waals surface area (Å²) in [5, 5.41) is 5.77. The molecule has 0 aliphatic heterocycles. The van der Waals surface area contributed by atoms with Crippen LogP contribution in [0.3, 0.4) is 0 Å². The van der Waals surface area contributed by atoms with Crippen LogP contribution in [-0.4, -0.2) is 19.7 Å². The van der Waals surface area contributed by atoms with Gasteiger partial charge in [-0.2, -0.15) is 0 Å². The minimum Gasteiger partial charge on any atom is -0.453 e. The molecule has 0 unspecified atom stereocenters. The lowest BCUT2D eigenvalue weighted by molar-refractivity contribution is 0.187. The van der Waals surface area contributed by atoms with Gasteiger partial charge in [-0.05, 0) is 37.1 Å². The van der Waals surface area contributed by atoms with Gasteiger partial charge in [0, 0.05) is 11.4 Å². The molecule has 0 saturated carbocycles. The van der Waals surface area contributed by atoms with Gasteiger partial charge in [0.2, 0.25) is 0 Å². The molecule has 0 atom stereocenters. The second-order valence-electron chi connectivity index (χ2n) is 3.66. The standard InChI is InChI=1S/C13H16N2O2/c1-5-6-14-11-7-9(2)12(10(3)8-11)15-13(16)17-4/h1,7-8,14H,6H2,2-4H3,(H,15,16). The number of ether oxygens (including phenoxy) is 1. The van der Waals surface area contributed by atoms with Gasteiger partial charge in [0.15, 0.2) is 0 Å². The molecule has 1 amide bonds. The van der Waals surface area contributed by atoms with Gasteiger partial charge < -0.3 is 10.1 Å². The van der Waals surface area contributed by atoms with Crippen molar-refractivity contribution in [2.24, 2.45) is 0 Å². The number of anilines is 2. The zero-order chi connectivity index (χ0) is 12.8. The molecule has 0 spiro atoms. The first-order valence-electron chi connectivity index (χ1n) is 5.22. The van der Waals surface area contributed by atoms with Crippen molar-refractivity contribution in [3.8, 4) is 12.3 Å². The third kappa shape index (κ3) is 3.42. The van der Waals surface area contributed by atoms with Crippen LogP contribution in [0.25, 0.3) is 0 Å². The van der Waals surface area contributed by atoms with Crippen LogP contribution in [-0.2, 0) is 4.74 Å². The molecule has 1 aromatic rings. The highest BCUT2D eigenvalue weighted by Gasteiger charge is 2.08. The summed E-state index contributed by atoms with van der Waals surface area (Å²) in [6.07, 6.45) is 4.71. The first kappa shape index (κ1) is 12.9. The summed E-state index contributed by atoms with van der Waals surface area (Å²) in [6, 6.07) is 3.85. The highest BCUT2D eigenvalue weighted by Crippen LogP contribution is 2.24. The molecule has 0 aliphatic carbocycles. The molecule has 0 bridgehead atoms. The molecule has 1 rings (SSSR count). The Morgan fingerprint density at radius 3 is 2.47 bits per heavy atom. The van der Waals surface area contributed by atoms with E-state index in [2.05, 4.69) is 21.3 Å². The fraction of sp³-hybridized carbons (Fsp3) is 0.308. The molecule has 0 heterocycles. The normalized spacial score (nSPS) is 9.29. The molecule has 0 fully saturated rings. The Morgan fingerprint density at radius 2 is 2.00 bits per heavy atom. The van der Waals surface area contributed by atoms with Crippen LogP contribution in [0.1, 0.15) is 11.1 Å². The first-order chi connectivity index (χ1) is 8.08. The molecule has 0 aliphatic rings. The lowest BCUT2D eigenvalue weighted by Crippen LogP contribution is -2.13. The molecule has 4 heteroatoms. The number of rotatable bonds is 3. The number of nitrogens with one attached hydrogen (secondary N) is 2. The van der Waals surface area contributed by atoms with Crippen LogP contribution < -0.4 is 10.6 Å². The topological polar surface area (TPSA) is 50.4 Å². The highest BCUT2D eigenvalue weighted by atomic mass is 16.5. The van der Waals surface area contributed by atoms with Gasteiger partial charge in [0.05, 0.1) is 13.7 Å². The second-order valence-corrected chi connectivity index (χ2v) is 3.66. The van der Waals surface area contributed by atoms with E-state index in [1.54, 1.807) is 0 Å². The van der Waals surface area contributed by atoms with Crippen LogP contribution in [0.5, 0.6) is 0 Å². The predicted molar refractivity (Wildman–Crippen MR) is 69.3 cm³/mol. The van der Waals surface area contributed by atoms with Gasteiger partial charge >= 0.3 is 6.09 Å². The maximum Gasteiger partial charge on any atom is 0.411 e. The largest absolute Gasteiger partial charge is 0.453 e. The fourth-order valence-corrected chi connectivity index (χ4v) is 1.57. The summed E-state index contributed by atoms with van der Waals surface area (Å²) < 4.78 is 4.57. The van der Waals surface area contributed by atoms with Gasteiger partial charge in [-0.15, -0.1) is 6.42 Å². The van der Waals surface area contributed by atoms with E-state index in [9.17, 15) is 4.79 Å². The molecule has 0 radical (unpaired) electrons. The van der Waals surface area contributed by atoms with Crippen molar-refractivity contribution in [3.05, 3.63) is 23.3 Å². The lowest BCUT2D eigenvalue weighted by atomic mass is 10.1. The van der Waals surface area contributed by atoms with Crippen LogP contribution in [0.4, 0.5) is 16.2 Å². The number of hydrogen-bond acceptors (Lipinski definition) is 3. The highest BCUT2D eigenvalue weighted by molar-refractivity contribution is 5.87. The average Bonchev–Trinajstić information content (AvgIpc) is 2.30. The third-order valence-corrected chi connectivity index (χ3v) is 2.34. The zero-order valence-electron chi connectivity index (χ0n) is 10.3. The molecule has 0 aromatic heterocycles. The Hall–Kier alpha value is -2.15. The molecular weight excluding hydrogens is 216 g/mol. The SMILES string of the molecule is C#CCNc1cc(C)c(NC(=O)OC)c(C)c1. The maximum atomic E-state index is 11.2. The molecule has 2 N–H and O–H groups in total. The maximum absolute atomic E-state index is 11.2. The number of carbonyl (C=O) groups excluding carboxylic acids is 1. The Balaban J connectivity index is 2.94. The third-order valence-electron chi connectivity index (χ3n) is 2.34. The number of terminal acetylenes is 1. The number of carbonyl (C=O) groups is 1. The van der Waals surface area contributed by atoms with E-state index in [0.29, 0.717) is 6.54 Å². The molecule has 4 nitrogen and oxygen atoms in total. The summed E-state index contributed by atoms with van der Waals surface area (Å²) in [7, 11) is 1.34. The van der Waals surface area contributed by atoms with Crippen molar-refractivity contribution >= 4 is 17.5 Å². The summed E-state index contributed by atoms with van der Waals surface area (Å²) in [5.74, 6) is 2.51. The van der Waals surface area contributed by atoms with E-state index < -0.39 is 6.09 Å². The van der Waals surface area contributed by atoms with E-state index in [0.717, 1.165) is 22.5 Å². The number of hydrogen-bond donors (Lipinski definition) is 2. The summed E-state index contributed by atoms with van der Waals surface area (Å²) >= 11 is 0. The summed E-state index contributed by atoms with van der Waals surface area (Å²) in [5.41, 5.74) is 3.61. The van der Waals surface area contributed by atoms with E-state index in [-0.39, 0.29) is 0 Å². The Kier molecular flexibility index (Phi) is 4.41. The van der Waals surface area contributed by atoms with Crippen LogP contribution in [0.15, 0.2) is 12.1 Å². The van der Waals surface area contributed by atoms with Crippen LogP contribution in [0, 0.1) is 26.2 Å². The van der Waals surface area contributed by atoms with Crippen molar-refractivity contribution in [1.29, 1.82) is 0 Å². The minimum atomic E-state index is -0.472. The van der Waals surface area contributed by atoms with Gasteiger partial charge in [-0.25, -0.2) is 4.79 Å². The van der Waals surface area contributed by atoms with E-state index in [1.165, 1.54) is 7.11 Å². The summed E-state index contributed by atoms with van der Waals surface area (Å²) in [6.45, 7) is 4.31. The Bertz CT molecular complexity index is 438. The Morgan fingerprint density at radius 1 is 1.41 bits per heavy atom. The average molecular weight is 232 g/mol. The van der Waals surface area contributed by atoms with Crippen molar-refractivity contribution < 1.29 is 9.53 Å². The fourth-order valence-electron chi connectivity index (χ4n) is 1.57. The second kappa shape index (κ2) is 5.80. The molecule has 90 valence electrons. The van der Waals surface area contributed by atoms with Gasteiger partial charge in [-0.1, -0.05) is 5.92 Å². The van der Waals surface area contributed by atoms with Crippen molar-refractivity contribution in [2.75, 3.05) is 24.3 Å². The van der Waals surface area contributed by atoms with Gasteiger partial charge in [0.25, 0.3) is 0 Å². The summed E-state index contributed by atoms with van der Waals surface area (Å²) in [4.78, 5) is 11.2. The van der Waals surface area contributed by atoms with Crippen molar-refractivity contribution in [3.63, 3.8) is 0 Å². The minimum absolute atomic E-state index is 0.472. The lowest BCUT2D eigenvalue weighted by Gasteiger charge is -2.13. The van der Waals surface area contributed by atoms with Crippen LogP contribution >= 0.6 is 0 Å². The quantitative estimate of drug-likeness (QED) is 0.787. The van der Waals surface area contributed by atoms with Crippen LogP contribution in [0.2, 0.25) is 0 Å². The van der Waals surface area contributed by atoms with E-state index in [1.807, 2.05) is 26.0 Å². The zero-order valence-corrected chi connectivity index (χ0v) is 10.3. The van der Waals surface area contributed by atoms with E-state index >= 15 is 0 Å². The molecular formula is C13H16N2O2. The first-order valence-corrected chi connectivity index (χ1v) is 5.22. The smallest absolute Gasteiger partial charge is 0.411 e. The van der Waals surface area contributed by atoms with Gasteiger partial charge in [-0.3, -0.25) is 5.32 Å². The number of amides is 1. The monoisotopic (exact) mass is 232 g/mol. The van der Waals surface area contributed by atoms with E-state index in [4.69, 9.17) is 6.42 Å². The van der Waals surface area contributed by atoms with Gasteiger partial charge in [0.1, 0.15) is 0 Å². The van der Waals surface area contributed by atoms with Crippen molar-refractivity contribution in [1.82, 2.24) is 0 Å². The Labute approximate surface area is 101 Å². The van der Waals surface area contributed by atoms with Crippen molar-refractivity contribution in [2.45, 2.75) is 13.8 Å². The number of aryl methyl sites for hydroxylation is 2. The molecule has 17 heavy (non-hydrogen) atoms. The molecule has 0 saturated heterocycles.